The molecule has 0 unspecified atom stereocenters. The summed E-state index contributed by atoms with van der Waals surface area (Å²) in [5.74, 6) is 0. The molecule has 0 spiro atoms. The average molecular weight is 264 g/mol. The summed E-state index contributed by atoms with van der Waals surface area (Å²) < 4.78 is 2.21. The van der Waals surface area contributed by atoms with Crippen molar-refractivity contribution in [1.82, 2.24) is 9.47 Å². The molecule has 1 aliphatic rings. The Morgan fingerprint density at radius 3 is 2.72 bits per heavy atom. The fraction of sp³-hybridized carbons (Fsp3) is 0.429. The summed E-state index contributed by atoms with van der Waals surface area (Å²) in [5.41, 5.74) is 7.78. The van der Waals surface area contributed by atoms with Crippen LogP contribution in [-0.2, 0) is 6.54 Å². The van der Waals surface area contributed by atoms with E-state index in [0.29, 0.717) is 0 Å². The number of fused-ring (bicyclic) bond motifs is 1. The Labute approximate surface area is 112 Å². The second-order valence-corrected chi connectivity index (χ2v) is 5.40. The number of anilines is 1. The number of hydrogen-bond acceptors (Lipinski definition) is 2. The second-order valence-electron chi connectivity index (χ2n) is 5.00. The molecule has 0 atom stereocenters. The number of nitrogen functional groups attached to an aromatic ring is 1. The van der Waals surface area contributed by atoms with E-state index < -0.39 is 0 Å². The van der Waals surface area contributed by atoms with Gasteiger partial charge in [-0.3, -0.25) is 0 Å². The van der Waals surface area contributed by atoms with Crippen molar-refractivity contribution >= 4 is 28.2 Å². The predicted molar refractivity (Wildman–Crippen MR) is 77.0 cm³/mol. The van der Waals surface area contributed by atoms with Crippen LogP contribution in [0.25, 0.3) is 10.9 Å². The fourth-order valence-electron chi connectivity index (χ4n) is 2.70. The van der Waals surface area contributed by atoms with Gasteiger partial charge in [0.1, 0.15) is 0 Å². The summed E-state index contributed by atoms with van der Waals surface area (Å²) in [5, 5.41) is 1.90. The van der Waals surface area contributed by atoms with Crippen LogP contribution in [0.15, 0.2) is 24.4 Å². The molecule has 4 heteroatoms. The van der Waals surface area contributed by atoms with Crippen LogP contribution < -0.4 is 5.73 Å². The van der Waals surface area contributed by atoms with E-state index in [9.17, 15) is 0 Å². The zero-order chi connectivity index (χ0) is 12.5. The number of benzene rings is 1. The third-order valence-electron chi connectivity index (χ3n) is 3.71. The highest BCUT2D eigenvalue weighted by Crippen LogP contribution is 2.27. The molecule has 1 aliphatic heterocycles. The van der Waals surface area contributed by atoms with E-state index in [1.165, 1.54) is 25.9 Å². The normalized spacial score (nSPS) is 16.7. The van der Waals surface area contributed by atoms with Crippen molar-refractivity contribution in [1.29, 1.82) is 0 Å². The Kier molecular flexibility index (Phi) is 3.18. The Hall–Kier alpha value is -1.19. The van der Waals surface area contributed by atoms with Crippen LogP contribution in [0.2, 0.25) is 5.02 Å². The molecule has 1 saturated heterocycles. The van der Waals surface area contributed by atoms with Crippen molar-refractivity contribution in [2.24, 2.45) is 0 Å². The summed E-state index contributed by atoms with van der Waals surface area (Å²) >= 11 is 6.25. The first-order valence-electron chi connectivity index (χ1n) is 6.50. The van der Waals surface area contributed by atoms with Gasteiger partial charge in [-0.05, 0) is 44.1 Å². The van der Waals surface area contributed by atoms with Gasteiger partial charge in [-0.1, -0.05) is 11.6 Å². The number of likely N-dealkylation sites (tertiary alicyclic amines) is 1. The van der Waals surface area contributed by atoms with E-state index in [2.05, 4.69) is 9.47 Å². The number of nitrogens with zero attached hydrogens (tertiary/aromatic N) is 2. The number of halogens is 1. The van der Waals surface area contributed by atoms with Gasteiger partial charge < -0.3 is 15.2 Å². The van der Waals surface area contributed by atoms with Crippen LogP contribution in [0.3, 0.4) is 0 Å². The minimum Gasteiger partial charge on any atom is -0.399 e. The van der Waals surface area contributed by atoms with E-state index >= 15 is 0 Å². The molecular weight excluding hydrogens is 246 g/mol. The largest absolute Gasteiger partial charge is 0.399 e. The molecule has 1 aromatic carbocycles. The lowest BCUT2D eigenvalue weighted by Gasteiger charge is -2.15. The van der Waals surface area contributed by atoms with Crippen LogP contribution in [-0.4, -0.2) is 29.1 Å². The van der Waals surface area contributed by atoms with E-state index in [-0.39, 0.29) is 0 Å². The third-order valence-corrected chi connectivity index (χ3v) is 4.01. The van der Waals surface area contributed by atoms with Crippen LogP contribution in [0.4, 0.5) is 5.69 Å². The SMILES string of the molecule is Nc1ccc2c(Cl)cn(CCN3CCCC3)c2c1. The van der Waals surface area contributed by atoms with Gasteiger partial charge in [-0.2, -0.15) is 0 Å². The summed E-state index contributed by atoms with van der Waals surface area (Å²) in [7, 11) is 0. The van der Waals surface area contributed by atoms with Crippen LogP contribution in [0, 0.1) is 0 Å². The van der Waals surface area contributed by atoms with Gasteiger partial charge in [-0.15, -0.1) is 0 Å². The summed E-state index contributed by atoms with van der Waals surface area (Å²) in [6.45, 7) is 4.53. The van der Waals surface area contributed by atoms with E-state index in [1.54, 1.807) is 0 Å². The van der Waals surface area contributed by atoms with Crippen molar-refractivity contribution in [3.8, 4) is 0 Å². The third kappa shape index (κ3) is 2.20. The monoisotopic (exact) mass is 263 g/mol. The van der Waals surface area contributed by atoms with E-state index in [4.69, 9.17) is 17.3 Å². The van der Waals surface area contributed by atoms with E-state index in [1.807, 2.05) is 24.4 Å². The lowest BCUT2D eigenvalue weighted by molar-refractivity contribution is 0.324. The number of nitrogens with two attached hydrogens (primary N) is 1. The molecule has 96 valence electrons. The maximum atomic E-state index is 6.25. The standard InChI is InChI=1S/C14H18ClN3/c15-13-10-18(8-7-17-5-1-2-6-17)14-9-11(16)3-4-12(13)14/h3-4,9-10H,1-2,5-8,16H2. The average Bonchev–Trinajstić information content (AvgIpc) is 2.95. The molecule has 3 rings (SSSR count). The minimum atomic E-state index is 0.791. The first-order chi connectivity index (χ1) is 8.74. The molecule has 1 aromatic heterocycles. The molecule has 1 fully saturated rings. The number of hydrogen-bond donors (Lipinski definition) is 1. The first-order valence-corrected chi connectivity index (χ1v) is 6.88. The van der Waals surface area contributed by atoms with Gasteiger partial charge >= 0.3 is 0 Å². The van der Waals surface area contributed by atoms with Crippen LogP contribution in [0.5, 0.6) is 0 Å². The zero-order valence-electron chi connectivity index (χ0n) is 10.4. The Balaban J connectivity index is 1.84. The molecule has 2 N–H and O–H groups in total. The molecule has 3 nitrogen and oxygen atoms in total. The Morgan fingerprint density at radius 1 is 1.17 bits per heavy atom. The molecule has 0 saturated carbocycles. The fourth-order valence-corrected chi connectivity index (χ4v) is 2.98. The molecule has 2 aromatic rings. The van der Waals surface area contributed by atoms with E-state index in [0.717, 1.165) is 34.7 Å². The van der Waals surface area contributed by atoms with Crippen molar-refractivity contribution < 1.29 is 0 Å². The summed E-state index contributed by atoms with van der Waals surface area (Å²) in [6, 6.07) is 5.91. The number of rotatable bonds is 3. The van der Waals surface area contributed by atoms with Crippen molar-refractivity contribution in [3.05, 3.63) is 29.4 Å². The summed E-state index contributed by atoms with van der Waals surface area (Å²) in [6.07, 6.45) is 4.68. The molecular formula is C14H18ClN3. The predicted octanol–water partition coefficient (Wildman–Crippen LogP) is 2.97. The highest BCUT2D eigenvalue weighted by atomic mass is 35.5. The quantitative estimate of drug-likeness (QED) is 0.864. The van der Waals surface area contributed by atoms with Gasteiger partial charge in [0.15, 0.2) is 0 Å². The topological polar surface area (TPSA) is 34.2 Å². The van der Waals surface area contributed by atoms with Crippen molar-refractivity contribution in [2.75, 3.05) is 25.4 Å². The summed E-state index contributed by atoms with van der Waals surface area (Å²) in [4.78, 5) is 2.51. The molecule has 0 bridgehead atoms. The maximum absolute atomic E-state index is 6.25. The zero-order valence-corrected chi connectivity index (χ0v) is 11.2. The van der Waals surface area contributed by atoms with Crippen molar-refractivity contribution in [2.45, 2.75) is 19.4 Å². The smallest absolute Gasteiger partial charge is 0.0661 e. The van der Waals surface area contributed by atoms with Gasteiger partial charge in [0.05, 0.1) is 10.5 Å². The van der Waals surface area contributed by atoms with Crippen molar-refractivity contribution in [3.63, 3.8) is 0 Å². The van der Waals surface area contributed by atoms with Gasteiger partial charge in [0.2, 0.25) is 0 Å². The van der Waals surface area contributed by atoms with Gasteiger partial charge in [0, 0.05) is 30.4 Å². The second kappa shape index (κ2) is 4.82. The molecule has 2 heterocycles. The Bertz CT molecular complexity index is 555. The van der Waals surface area contributed by atoms with Gasteiger partial charge in [-0.25, -0.2) is 0 Å². The highest BCUT2D eigenvalue weighted by molar-refractivity contribution is 6.35. The molecule has 0 aliphatic carbocycles. The van der Waals surface area contributed by atoms with Crippen LogP contribution >= 0.6 is 11.6 Å². The lowest BCUT2D eigenvalue weighted by atomic mass is 10.2. The molecule has 0 amide bonds. The molecule has 0 radical (unpaired) electrons. The molecule has 18 heavy (non-hydrogen) atoms. The Morgan fingerprint density at radius 2 is 1.94 bits per heavy atom. The van der Waals surface area contributed by atoms with Crippen LogP contribution in [0.1, 0.15) is 12.8 Å². The van der Waals surface area contributed by atoms with Gasteiger partial charge in [0.25, 0.3) is 0 Å². The minimum absolute atomic E-state index is 0.791. The first kappa shape index (κ1) is 11.9. The maximum Gasteiger partial charge on any atom is 0.0661 e. The highest BCUT2D eigenvalue weighted by Gasteiger charge is 2.12. The number of aromatic nitrogens is 1. The lowest BCUT2D eigenvalue weighted by Crippen LogP contribution is -2.23.